The molecular weight excluding hydrogens is 253 g/mol. The predicted octanol–water partition coefficient (Wildman–Crippen LogP) is 3.48. The average Bonchev–Trinajstić information content (AvgIpc) is 2.85. The Morgan fingerprint density at radius 3 is 2.80 bits per heavy atom. The van der Waals surface area contributed by atoms with Gasteiger partial charge >= 0.3 is 0 Å². The molecule has 2 heterocycles. The molecule has 2 aromatic rings. The molecule has 0 spiro atoms. The van der Waals surface area contributed by atoms with Gasteiger partial charge in [0.05, 0.1) is 11.8 Å². The molecular formula is C16H16FN3. The van der Waals surface area contributed by atoms with Gasteiger partial charge < -0.3 is 4.57 Å². The van der Waals surface area contributed by atoms with E-state index in [1.807, 2.05) is 0 Å². The Morgan fingerprint density at radius 1 is 1.25 bits per heavy atom. The van der Waals surface area contributed by atoms with Gasteiger partial charge in [-0.25, -0.2) is 9.37 Å². The summed E-state index contributed by atoms with van der Waals surface area (Å²) in [6, 6.07) is 8.66. The lowest BCUT2D eigenvalue weighted by Gasteiger charge is -2.17. The lowest BCUT2D eigenvalue weighted by atomic mass is 10.1. The highest BCUT2D eigenvalue weighted by Crippen LogP contribution is 2.28. The van der Waals surface area contributed by atoms with Crippen molar-refractivity contribution in [3.8, 4) is 17.5 Å². The number of halogens is 1. The lowest BCUT2D eigenvalue weighted by molar-refractivity contribution is 0.533. The molecule has 0 amide bonds. The van der Waals surface area contributed by atoms with Crippen LogP contribution in [0.1, 0.15) is 30.7 Å². The van der Waals surface area contributed by atoms with Crippen LogP contribution in [0, 0.1) is 17.1 Å². The molecule has 1 aliphatic rings. The third-order valence-electron chi connectivity index (χ3n) is 3.78. The number of hydrogen-bond donors (Lipinski definition) is 0. The Kier molecular flexibility index (Phi) is 3.51. The van der Waals surface area contributed by atoms with E-state index in [2.05, 4.69) is 10.6 Å². The van der Waals surface area contributed by atoms with Gasteiger partial charge in [-0.15, -0.1) is 0 Å². The molecule has 0 radical (unpaired) electrons. The fourth-order valence-corrected chi connectivity index (χ4v) is 2.81. The van der Waals surface area contributed by atoms with Crippen LogP contribution >= 0.6 is 0 Å². The normalized spacial score (nSPS) is 13.8. The fraction of sp³-hybridized carbons (Fsp3) is 0.375. The van der Waals surface area contributed by atoms with Gasteiger partial charge in [-0.2, -0.15) is 5.26 Å². The van der Waals surface area contributed by atoms with E-state index >= 15 is 0 Å². The van der Waals surface area contributed by atoms with Crippen LogP contribution in [-0.2, 0) is 19.4 Å². The zero-order valence-corrected chi connectivity index (χ0v) is 11.3. The summed E-state index contributed by atoms with van der Waals surface area (Å²) in [6.45, 7) is 0.960. The van der Waals surface area contributed by atoms with E-state index in [0.717, 1.165) is 36.5 Å². The zero-order valence-electron chi connectivity index (χ0n) is 11.3. The SMILES string of the molecule is N#CCCc1nc(-c2ccc(F)cc2)n2c1CCCC2. The van der Waals surface area contributed by atoms with Crippen molar-refractivity contribution in [2.24, 2.45) is 0 Å². The number of rotatable bonds is 3. The minimum absolute atomic E-state index is 0.233. The number of benzene rings is 1. The van der Waals surface area contributed by atoms with Gasteiger partial charge in [-0.05, 0) is 43.5 Å². The van der Waals surface area contributed by atoms with Crippen molar-refractivity contribution < 1.29 is 4.39 Å². The minimum Gasteiger partial charge on any atom is -0.328 e. The van der Waals surface area contributed by atoms with E-state index < -0.39 is 0 Å². The van der Waals surface area contributed by atoms with Crippen LogP contribution in [0.15, 0.2) is 24.3 Å². The second-order valence-corrected chi connectivity index (χ2v) is 5.10. The topological polar surface area (TPSA) is 41.6 Å². The van der Waals surface area contributed by atoms with Crippen molar-refractivity contribution in [2.45, 2.75) is 38.6 Å². The number of imidazole rings is 1. The predicted molar refractivity (Wildman–Crippen MR) is 74.5 cm³/mol. The van der Waals surface area contributed by atoms with Crippen molar-refractivity contribution in [3.63, 3.8) is 0 Å². The molecule has 3 rings (SSSR count). The quantitative estimate of drug-likeness (QED) is 0.856. The molecule has 0 saturated heterocycles. The monoisotopic (exact) mass is 269 g/mol. The van der Waals surface area contributed by atoms with E-state index in [1.54, 1.807) is 12.1 Å². The maximum atomic E-state index is 13.0. The third-order valence-corrected chi connectivity index (χ3v) is 3.78. The van der Waals surface area contributed by atoms with Crippen molar-refractivity contribution in [1.82, 2.24) is 9.55 Å². The number of aryl methyl sites for hydroxylation is 1. The molecule has 0 aliphatic carbocycles. The van der Waals surface area contributed by atoms with Crippen LogP contribution < -0.4 is 0 Å². The molecule has 0 fully saturated rings. The molecule has 1 aromatic heterocycles. The highest BCUT2D eigenvalue weighted by atomic mass is 19.1. The molecule has 102 valence electrons. The summed E-state index contributed by atoms with van der Waals surface area (Å²) < 4.78 is 15.3. The number of hydrogen-bond acceptors (Lipinski definition) is 2. The fourth-order valence-electron chi connectivity index (χ4n) is 2.81. The highest BCUT2D eigenvalue weighted by molar-refractivity contribution is 5.57. The summed E-state index contributed by atoms with van der Waals surface area (Å²) in [4.78, 5) is 4.72. The van der Waals surface area contributed by atoms with Crippen molar-refractivity contribution in [2.75, 3.05) is 0 Å². The molecule has 0 unspecified atom stereocenters. The Balaban J connectivity index is 2.04. The maximum Gasteiger partial charge on any atom is 0.140 e. The zero-order chi connectivity index (χ0) is 13.9. The standard InChI is InChI=1S/C16H16FN3/c17-13-8-6-12(7-9-13)16-19-14(4-3-10-18)15-5-1-2-11-20(15)16/h6-9H,1-5,11H2. The van der Waals surface area contributed by atoms with Gasteiger partial charge in [-0.1, -0.05) is 0 Å². The van der Waals surface area contributed by atoms with Crippen LogP contribution in [0.5, 0.6) is 0 Å². The molecule has 20 heavy (non-hydrogen) atoms. The molecule has 0 bridgehead atoms. The van der Waals surface area contributed by atoms with E-state index in [0.29, 0.717) is 12.8 Å². The molecule has 0 N–H and O–H groups in total. The van der Waals surface area contributed by atoms with Crippen LogP contribution in [-0.4, -0.2) is 9.55 Å². The first-order chi connectivity index (χ1) is 9.79. The second kappa shape index (κ2) is 5.46. The Labute approximate surface area is 117 Å². The summed E-state index contributed by atoms with van der Waals surface area (Å²) >= 11 is 0. The van der Waals surface area contributed by atoms with Crippen LogP contribution in [0.3, 0.4) is 0 Å². The Bertz CT molecular complexity index is 650. The lowest BCUT2D eigenvalue weighted by Crippen LogP contribution is -2.12. The van der Waals surface area contributed by atoms with Gasteiger partial charge in [0, 0.05) is 30.6 Å². The van der Waals surface area contributed by atoms with E-state index in [1.165, 1.54) is 24.2 Å². The third kappa shape index (κ3) is 2.32. The van der Waals surface area contributed by atoms with Gasteiger partial charge in [0.1, 0.15) is 11.6 Å². The number of aromatic nitrogens is 2. The van der Waals surface area contributed by atoms with Crippen molar-refractivity contribution in [3.05, 3.63) is 41.5 Å². The number of fused-ring (bicyclic) bond motifs is 1. The minimum atomic E-state index is -0.233. The van der Waals surface area contributed by atoms with Gasteiger partial charge in [0.2, 0.25) is 0 Å². The van der Waals surface area contributed by atoms with Gasteiger partial charge in [0.15, 0.2) is 0 Å². The van der Waals surface area contributed by atoms with Crippen LogP contribution in [0.4, 0.5) is 4.39 Å². The molecule has 4 heteroatoms. The van der Waals surface area contributed by atoms with Crippen molar-refractivity contribution >= 4 is 0 Å². The molecule has 0 atom stereocenters. The van der Waals surface area contributed by atoms with E-state index in [4.69, 9.17) is 10.2 Å². The van der Waals surface area contributed by atoms with E-state index in [-0.39, 0.29) is 5.82 Å². The van der Waals surface area contributed by atoms with Crippen LogP contribution in [0.25, 0.3) is 11.4 Å². The Hall–Kier alpha value is -2.15. The van der Waals surface area contributed by atoms with Crippen molar-refractivity contribution in [1.29, 1.82) is 5.26 Å². The molecule has 1 aromatic carbocycles. The average molecular weight is 269 g/mol. The molecule has 0 saturated carbocycles. The van der Waals surface area contributed by atoms with Gasteiger partial charge in [0.25, 0.3) is 0 Å². The second-order valence-electron chi connectivity index (χ2n) is 5.10. The summed E-state index contributed by atoms with van der Waals surface area (Å²) in [5.74, 6) is 0.677. The molecule has 3 nitrogen and oxygen atoms in total. The van der Waals surface area contributed by atoms with Crippen LogP contribution in [0.2, 0.25) is 0 Å². The summed E-state index contributed by atoms with van der Waals surface area (Å²) in [6.07, 6.45) is 4.54. The first-order valence-corrected chi connectivity index (χ1v) is 7.01. The first-order valence-electron chi connectivity index (χ1n) is 7.01. The highest BCUT2D eigenvalue weighted by Gasteiger charge is 2.20. The summed E-state index contributed by atoms with van der Waals surface area (Å²) in [7, 11) is 0. The number of nitriles is 1. The summed E-state index contributed by atoms with van der Waals surface area (Å²) in [5.41, 5.74) is 3.23. The van der Waals surface area contributed by atoms with E-state index in [9.17, 15) is 4.39 Å². The largest absolute Gasteiger partial charge is 0.328 e. The number of nitrogens with zero attached hydrogens (tertiary/aromatic N) is 3. The Morgan fingerprint density at radius 2 is 2.05 bits per heavy atom. The molecule has 1 aliphatic heterocycles. The maximum absolute atomic E-state index is 13.0. The summed E-state index contributed by atoms with van der Waals surface area (Å²) in [5, 5.41) is 8.76. The smallest absolute Gasteiger partial charge is 0.140 e. The van der Waals surface area contributed by atoms with Gasteiger partial charge in [-0.3, -0.25) is 0 Å². The first kappa shape index (κ1) is 12.9.